The van der Waals surface area contributed by atoms with Crippen molar-refractivity contribution in [1.82, 2.24) is 10.2 Å². The number of nitrogens with one attached hydrogen (secondary N) is 1. The molecule has 0 aliphatic carbocycles. The van der Waals surface area contributed by atoms with Gasteiger partial charge in [0, 0.05) is 31.7 Å². The first-order valence-corrected chi connectivity index (χ1v) is 7.73. The zero-order chi connectivity index (χ0) is 13.9. The quantitative estimate of drug-likeness (QED) is 0.827. The highest BCUT2D eigenvalue weighted by molar-refractivity contribution is 4.93. The topological polar surface area (TPSA) is 15.3 Å². The average molecular weight is 254 g/mol. The van der Waals surface area contributed by atoms with E-state index in [4.69, 9.17) is 0 Å². The molecule has 1 aliphatic rings. The van der Waals surface area contributed by atoms with Crippen molar-refractivity contribution in [3.05, 3.63) is 0 Å². The number of rotatable bonds is 4. The Balaban J connectivity index is 2.70. The van der Waals surface area contributed by atoms with Crippen LogP contribution in [0.25, 0.3) is 0 Å². The lowest BCUT2D eigenvalue weighted by atomic mass is 9.83. The Morgan fingerprint density at radius 1 is 1.22 bits per heavy atom. The molecule has 0 aromatic carbocycles. The van der Waals surface area contributed by atoms with Crippen LogP contribution in [0.1, 0.15) is 54.9 Å². The number of hydrogen-bond donors (Lipinski definition) is 1. The van der Waals surface area contributed by atoms with Gasteiger partial charge in [-0.05, 0) is 17.3 Å². The highest BCUT2D eigenvalue weighted by Crippen LogP contribution is 2.26. The first-order chi connectivity index (χ1) is 8.25. The summed E-state index contributed by atoms with van der Waals surface area (Å²) in [6.45, 7) is 20.1. The van der Waals surface area contributed by atoms with Gasteiger partial charge in [0.05, 0.1) is 0 Å². The molecule has 0 radical (unpaired) electrons. The van der Waals surface area contributed by atoms with Crippen molar-refractivity contribution in [3.8, 4) is 0 Å². The third-order valence-corrected chi connectivity index (χ3v) is 4.52. The SMILES string of the molecule is CCC(C)CN1CC(C(C)(C)C)NCC1C(C)C. The summed E-state index contributed by atoms with van der Waals surface area (Å²) in [6.07, 6.45) is 1.29. The van der Waals surface area contributed by atoms with E-state index >= 15 is 0 Å². The molecule has 1 saturated heterocycles. The maximum absolute atomic E-state index is 3.77. The van der Waals surface area contributed by atoms with Gasteiger partial charge in [0.2, 0.25) is 0 Å². The van der Waals surface area contributed by atoms with Gasteiger partial charge in [-0.25, -0.2) is 0 Å². The largest absolute Gasteiger partial charge is 0.311 e. The monoisotopic (exact) mass is 254 g/mol. The summed E-state index contributed by atoms with van der Waals surface area (Å²) in [7, 11) is 0. The summed E-state index contributed by atoms with van der Waals surface area (Å²) >= 11 is 0. The predicted molar refractivity (Wildman–Crippen MR) is 80.9 cm³/mol. The minimum Gasteiger partial charge on any atom is -0.311 e. The average Bonchev–Trinajstić information content (AvgIpc) is 2.27. The van der Waals surface area contributed by atoms with Gasteiger partial charge in [-0.1, -0.05) is 54.9 Å². The molecule has 1 heterocycles. The van der Waals surface area contributed by atoms with Crippen LogP contribution in [0.15, 0.2) is 0 Å². The molecule has 0 amide bonds. The second-order valence-electron chi connectivity index (χ2n) is 7.61. The van der Waals surface area contributed by atoms with Crippen LogP contribution in [-0.4, -0.2) is 36.6 Å². The Hall–Kier alpha value is -0.0800. The molecule has 0 aromatic heterocycles. The van der Waals surface area contributed by atoms with Gasteiger partial charge in [-0.3, -0.25) is 4.90 Å². The van der Waals surface area contributed by atoms with Gasteiger partial charge in [0.15, 0.2) is 0 Å². The lowest BCUT2D eigenvalue weighted by molar-refractivity contribution is 0.0522. The molecular weight excluding hydrogens is 220 g/mol. The molecule has 0 bridgehead atoms. The Labute approximate surface area is 115 Å². The zero-order valence-corrected chi connectivity index (χ0v) is 13.6. The summed E-state index contributed by atoms with van der Waals surface area (Å²) in [5.74, 6) is 1.55. The van der Waals surface area contributed by atoms with Crippen LogP contribution in [0.5, 0.6) is 0 Å². The van der Waals surface area contributed by atoms with Crippen molar-refractivity contribution >= 4 is 0 Å². The Morgan fingerprint density at radius 3 is 2.28 bits per heavy atom. The van der Waals surface area contributed by atoms with Crippen LogP contribution in [-0.2, 0) is 0 Å². The van der Waals surface area contributed by atoms with E-state index in [1.165, 1.54) is 19.5 Å². The molecule has 108 valence electrons. The fourth-order valence-corrected chi connectivity index (χ4v) is 2.80. The second-order valence-corrected chi connectivity index (χ2v) is 7.61. The number of piperazine rings is 1. The van der Waals surface area contributed by atoms with Crippen molar-refractivity contribution < 1.29 is 0 Å². The van der Waals surface area contributed by atoms with Gasteiger partial charge in [-0.15, -0.1) is 0 Å². The highest BCUT2D eigenvalue weighted by atomic mass is 15.2. The number of hydrogen-bond acceptors (Lipinski definition) is 2. The fourth-order valence-electron chi connectivity index (χ4n) is 2.80. The molecule has 3 unspecified atom stereocenters. The van der Waals surface area contributed by atoms with E-state index in [-0.39, 0.29) is 0 Å². The molecule has 2 heteroatoms. The van der Waals surface area contributed by atoms with Crippen molar-refractivity contribution in [1.29, 1.82) is 0 Å². The molecule has 0 spiro atoms. The van der Waals surface area contributed by atoms with Gasteiger partial charge in [0.1, 0.15) is 0 Å². The molecule has 0 saturated carbocycles. The summed E-state index contributed by atoms with van der Waals surface area (Å²) in [5.41, 5.74) is 0.357. The first-order valence-electron chi connectivity index (χ1n) is 7.73. The van der Waals surface area contributed by atoms with E-state index in [0.717, 1.165) is 18.4 Å². The summed E-state index contributed by atoms with van der Waals surface area (Å²) in [4.78, 5) is 2.74. The van der Waals surface area contributed by atoms with Crippen molar-refractivity contribution in [2.24, 2.45) is 17.3 Å². The molecule has 1 fully saturated rings. The molecule has 1 N–H and O–H groups in total. The Morgan fingerprint density at radius 2 is 1.83 bits per heavy atom. The minimum absolute atomic E-state index is 0.357. The minimum atomic E-state index is 0.357. The van der Waals surface area contributed by atoms with Gasteiger partial charge in [-0.2, -0.15) is 0 Å². The van der Waals surface area contributed by atoms with Gasteiger partial charge >= 0.3 is 0 Å². The van der Waals surface area contributed by atoms with Crippen LogP contribution >= 0.6 is 0 Å². The standard InChI is InChI=1S/C16H34N2/c1-8-13(4)10-18-11-15(16(5,6)7)17-9-14(18)12(2)3/h12-15,17H,8-11H2,1-7H3. The van der Waals surface area contributed by atoms with Crippen LogP contribution in [0.4, 0.5) is 0 Å². The summed E-state index contributed by atoms with van der Waals surface area (Å²) in [5, 5.41) is 3.77. The lowest BCUT2D eigenvalue weighted by Crippen LogP contribution is -2.62. The first kappa shape index (κ1) is 16.0. The molecule has 18 heavy (non-hydrogen) atoms. The van der Waals surface area contributed by atoms with Gasteiger partial charge < -0.3 is 5.32 Å². The smallest absolute Gasteiger partial charge is 0.0244 e. The molecule has 0 aromatic rings. The molecular formula is C16H34N2. The maximum Gasteiger partial charge on any atom is 0.0244 e. The van der Waals surface area contributed by atoms with Crippen molar-refractivity contribution in [2.45, 2.75) is 67.0 Å². The van der Waals surface area contributed by atoms with E-state index in [0.29, 0.717) is 17.5 Å². The van der Waals surface area contributed by atoms with Crippen LogP contribution in [0, 0.1) is 17.3 Å². The van der Waals surface area contributed by atoms with E-state index < -0.39 is 0 Å². The van der Waals surface area contributed by atoms with Crippen LogP contribution in [0.3, 0.4) is 0 Å². The lowest BCUT2D eigenvalue weighted by Gasteiger charge is -2.47. The van der Waals surface area contributed by atoms with Crippen molar-refractivity contribution in [2.75, 3.05) is 19.6 Å². The molecule has 3 atom stereocenters. The van der Waals surface area contributed by atoms with Crippen LogP contribution in [0.2, 0.25) is 0 Å². The number of nitrogens with zero attached hydrogens (tertiary/aromatic N) is 1. The van der Waals surface area contributed by atoms with Crippen LogP contribution < -0.4 is 5.32 Å². The predicted octanol–water partition coefficient (Wildman–Crippen LogP) is 3.38. The Bertz CT molecular complexity index is 242. The second kappa shape index (κ2) is 6.38. The summed E-state index contributed by atoms with van der Waals surface area (Å²) < 4.78 is 0. The molecule has 1 rings (SSSR count). The molecule has 2 nitrogen and oxygen atoms in total. The highest BCUT2D eigenvalue weighted by Gasteiger charge is 2.35. The van der Waals surface area contributed by atoms with E-state index in [1.54, 1.807) is 0 Å². The van der Waals surface area contributed by atoms with E-state index in [1.807, 2.05) is 0 Å². The fraction of sp³-hybridized carbons (Fsp3) is 1.00. The third-order valence-electron chi connectivity index (χ3n) is 4.52. The molecule has 1 aliphatic heterocycles. The summed E-state index contributed by atoms with van der Waals surface area (Å²) in [6, 6.07) is 1.33. The Kier molecular flexibility index (Phi) is 5.67. The van der Waals surface area contributed by atoms with E-state index in [9.17, 15) is 0 Å². The zero-order valence-electron chi connectivity index (χ0n) is 13.6. The maximum atomic E-state index is 3.77. The van der Waals surface area contributed by atoms with Crippen molar-refractivity contribution in [3.63, 3.8) is 0 Å². The van der Waals surface area contributed by atoms with Gasteiger partial charge in [0.25, 0.3) is 0 Å². The normalized spacial score (nSPS) is 28.7. The van der Waals surface area contributed by atoms with E-state index in [2.05, 4.69) is 58.7 Å². The third kappa shape index (κ3) is 4.24.